The van der Waals surface area contributed by atoms with Crippen molar-refractivity contribution in [3.63, 3.8) is 0 Å². The predicted octanol–water partition coefficient (Wildman–Crippen LogP) is 0.734. The van der Waals surface area contributed by atoms with Crippen LogP contribution in [0.5, 0.6) is 0 Å². The topological polar surface area (TPSA) is 81.8 Å². The molecule has 116 valence electrons. The number of nitrogens with zero attached hydrogens (tertiary/aromatic N) is 4. The maximum Gasteiger partial charge on any atom is 0.350 e. The summed E-state index contributed by atoms with van der Waals surface area (Å²) in [4.78, 5) is 28.1. The Kier molecular flexibility index (Phi) is 3.56. The fourth-order valence-electron chi connectivity index (χ4n) is 2.88. The van der Waals surface area contributed by atoms with Gasteiger partial charge in [-0.3, -0.25) is 9.78 Å². The predicted molar refractivity (Wildman–Crippen MR) is 80.6 cm³/mol. The van der Waals surface area contributed by atoms with Crippen LogP contribution in [0.4, 0.5) is 0 Å². The van der Waals surface area contributed by atoms with Crippen molar-refractivity contribution < 1.29 is 4.79 Å². The Morgan fingerprint density at radius 3 is 2.68 bits per heavy atom. The number of carbonyl (C=O) groups is 1. The van der Waals surface area contributed by atoms with Crippen molar-refractivity contribution in [3.8, 4) is 5.69 Å². The lowest BCUT2D eigenvalue weighted by Crippen LogP contribution is -2.34. The van der Waals surface area contributed by atoms with Crippen molar-refractivity contribution in [2.75, 3.05) is 0 Å². The number of rotatable bonds is 4. The molecule has 3 heterocycles. The number of pyridine rings is 1. The van der Waals surface area contributed by atoms with Crippen molar-refractivity contribution in [1.82, 2.24) is 24.6 Å². The van der Waals surface area contributed by atoms with Crippen LogP contribution in [0.1, 0.15) is 26.7 Å². The van der Waals surface area contributed by atoms with Gasteiger partial charge in [-0.25, -0.2) is 14.0 Å². The first-order valence-electron chi connectivity index (χ1n) is 7.33. The van der Waals surface area contributed by atoms with E-state index < -0.39 is 0 Å². The molecule has 0 radical (unpaired) electrons. The van der Waals surface area contributed by atoms with Crippen LogP contribution in [0.25, 0.3) is 5.69 Å². The second kappa shape index (κ2) is 5.40. The van der Waals surface area contributed by atoms with Crippen molar-refractivity contribution >= 4 is 5.91 Å². The van der Waals surface area contributed by atoms with Crippen LogP contribution in [0.2, 0.25) is 0 Å². The molecule has 1 atom stereocenters. The van der Waals surface area contributed by atoms with Gasteiger partial charge in [0.15, 0.2) is 0 Å². The average molecular weight is 301 g/mol. The first-order valence-corrected chi connectivity index (χ1v) is 7.33. The van der Waals surface area contributed by atoms with E-state index in [9.17, 15) is 9.59 Å². The molecule has 22 heavy (non-hydrogen) atoms. The Balaban J connectivity index is 1.71. The van der Waals surface area contributed by atoms with Crippen molar-refractivity contribution in [2.45, 2.75) is 38.8 Å². The summed E-state index contributed by atoms with van der Waals surface area (Å²) in [7, 11) is 0. The van der Waals surface area contributed by atoms with Gasteiger partial charge >= 0.3 is 5.69 Å². The molecule has 7 heteroatoms. The zero-order valence-corrected chi connectivity index (χ0v) is 12.7. The third kappa shape index (κ3) is 2.79. The molecule has 1 amide bonds. The minimum absolute atomic E-state index is 0.0617. The minimum Gasteiger partial charge on any atom is -0.351 e. The van der Waals surface area contributed by atoms with E-state index in [1.165, 1.54) is 15.6 Å². The number of hydrogen-bond acceptors (Lipinski definition) is 4. The highest BCUT2D eigenvalue weighted by Gasteiger charge is 2.36. The Labute approximate surface area is 128 Å². The Morgan fingerprint density at radius 1 is 1.32 bits per heavy atom. The van der Waals surface area contributed by atoms with Gasteiger partial charge in [0, 0.05) is 30.4 Å². The van der Waals surface area contributed by atoms with Gasteiger partial charge in [0.05, 0.1) is 5.69 Å². The summed E-state index contributed by atoms with van der Waals surface area (Å²) in [5.41, 5.74) is 0.359. The lowest BCUT2D eigenvalue weighted by Gasteiger charge is -2.16. The van der Waals surface area contributed by atoms with Crippen molar-refractivity contribution in [1.29, 1.82) is 0 Å². The van der Waals surface area contributed by atoms with Crippen molar-refractivity contribution in [3.05, 3.63) is 41.3 Å². The first-order chi connectivity index (χ1) is 10.5. The Hall–Kier alpha value is -2.44. The van der Waals surface area contributed by atoms with Gasteiger partial charge in [-0.1, -0.05) is 0 Å². The van der Waals surface area contributed by atoms with E-state index >= 15 is 0 Å². The molecule has 7 nitrogen and oxygen atoms in total. The standard InChI is InChI=1S/C15H19N5O2/c1-15(2)9-11(13(21)18-15)5-8-20-14(22)19(10-17-20)12-3-6-16-7-4-12/h3-4,6-7,10-11H,5,8-9H2,1-2H3,(H,18,21). The van der Waals surface area contributed by atoms with Gasteiger partial charge in [-0.2, -0.15) is 5.10 Å². The highest BCUT2D eigenvalue weighted by molar-refractivity contribution is 5.81. The molecule has 0 bridgehead atoms. The molecule has 1 aliphatic heterocycles. The number of hydrogen-bond donors (Lipinski definition) is 1. The molecule has 1 saturated heterocycles. The van der Waals surface area contributed by atoms with E-state index in [2.05, 4.69) is 15.4 Å². The summed E-state index contributed by atoms with van der Waals surface area (Å²) in [5.74, 6) is -0.000379. The van der Waals surface area contributed by atoms with Crippen molar-refractivity contribution in [2.24, 2.45) is 5.92 Å². The first kappa shape index (κ1) is 14.5. The molecule has 3 rings (SSSR count). The number of aromatic nitrogens is 4. The molecule has 1 unspecified atom stereocenters. The highest BCUT2D eigenvalue weighted by Crippen LogP contribution is 2.26. The monoisotopic (exact) mass is 301 g/mol. The molecule has 1 aliphatic rings. The van der Waals surface area contributed by atoms with Gasteiger partial charge in [-0.05, 0) is 38.8 Å². The van der Waals surface area contributed by atoms with Gasteiger partial charge in [-0.15, -0.1) is 0 Å². The smallest absolute Gasteiger partial charge is 0.350 e. The summed E-state index contributed by atoms with van der Waals surface area (Å²) >= 11 is 0. The normalized spacial score (nSPS) is 20.1. The van der Waals surface area contributed by atoms with E-state index in [4.69, 9.17) is 0 Å². The molecule has 0 aliphatic carbocycles. The van der Waals surface area contributed by atoms with E-state index in [0.717, 1.165) is 12.1 Å². The van der Waals surface area contributed by atoms with Gasteiger partial charge in [0.2, 0.25) is 5.91 Å². The zero-order valence-electron chi connectivity index (χ0n) is 12.7. The molecule has 1 N–H and O–H groups in total. The number of carbonyl (C=O) groups excluding carboxylic acids is 1. The maximum absolute atomic E-state index is 12.3. The van der Waals surface area contributed by atoms with Gasteiger partial charge in [0.25, 0.3) is 0 Å². The summed E-state index contributed by atoms with van der Waals surface area (Å²) in [6, 6.07) is 3.50. The molecule has 0 aromatic carbocycles. The number of aryl methyl sites for hydroxylation is 1. The lowest BCUT2D eigenvalue weighted by atomic mass is 9.94. The maximum atomic E-state index is 12.3. The SMILES string of the molecule is CC1(C)CC(CCn2ncn(-c3ccncc3)c2=O)C(=O)N1. The Morgan fingerprint density at radius 2 is 2.05 bits per heavy atom. The molecule has 2 aromatic rings. The minimum atomic E-state index is -0.205. The van der Waals surface area contributed by atoms with E-state index in [0.29, 0.717) is 13.0 Å². The average Bonchev–Trinajstić information content (AvgIpc) is 2.97. The number of amides is 1. The zero-order chi connectivity index (χ0) is 15.7. The molecule has 1 fully saturated rings. The van der Waals surface area contributed by atoms with Crippen LogP contribution in [-0.4, -0.2) is 30.8 Å². The second-order valence-electron chi connectivity index (χ2n) is 6.27. The summed E-state index contributed by atoms with van der Waals surface area (Å²) in [6.45, 7) is 4.45. The van der Waals surface area contributed by atoms with Crippen LogP contribution in [0.15, 0.2) is 35.6 Å². The van der Waals surface area contributed by atoms with E-state index in [-0.39, 0.29) is 23.1 Å². The fourth-order valence-corrected chi connectivity index (χ4v) is 2.88. The molecule has 2 aromatic heterocycles. The van der Waals surface area contributed by atoms with E-state index in [1.54, 1.807) is 24.5 Å². The second-order valence-corrected chi connectivity index (χ2v) is 6.27. The molecular weight excluding hydrogens is 282 g/mol. The lowest BCUT2D eigenvalue weighted by molar-refractivity contribution is -0.123. The third-order valence-corrected chi connectivity index (χ3v) is 3.95. The Bertz CT molecular complexity index is 732. The largest absolute Gasteiger partial charge is 0.351 e. The van der Waals surface area contributed by atoms with Crippen LogP contribution in [0.3, 0.4) is 0 Å². The van der Waals surface area contributed by atoms with Crippen LogP contribution in [0, 0.1) is 5.92 Å². The fraction of sp³-hybridized carbons (Fsp3) is 0.467. The summed E-state index contributed by atoms with van der Waals surface area (Å²) in [5, 5.41) is 7.10. The van der Waals surface area contributed by atoms with Crippen LogP contribution in [-0.2, 0) is 11.3 Å². The van der Waals surface area contributed by atoms with Gasteiger partial charge < -0.3 is 5.32 Å². The molecule has 0 saturated carbocycles. The molecular formula is C15H19N5O2. The van der Waals surface area contributed by atoms with Crippen LogP contribution >= 0.6 is 0 Å². The summed E-state index contributed by atoms with van der Waals surface area (Å²) in [6.07, 6.45) is 6.15. The number of nitrogens with one attached hydrogen (secondary N) is 1. The molecule has 0 spiro atoms. The quantitative estimate of drug-likeness (QED) is 0.903. The van der Waals surface area contributed by atoms with Gasteiger partial charge in [0.1, 0.15) is 6.33 Å². The van der Waals surface area contributed by atoms with E-state index in [1.807, 2.05) is 13.8 Å². The van der Waals surface area contributed by atoms with Crippen LogP contribution < -0.4 is 11.0 Å². The summed E-state index contributed by atoms with van der Waals surface area (Å²) < 4.78 is 2.87. The highest BCUT2D eigenvalue weighted by atomic mass is 16.2. The third-order valence-electron chi connectivity index (χ3n) is 3.95.